The highest BCUT2D eigenvalue weighted by molar-refractivity contribution is 6.43. The fourth-order valence-electron chi connectivity index (χ4n) is 2.75. The third-order valence-corrected chi connectivity index (χ3v) is 4.70. The molecule has 0 aliphatic carbocycles. The standard InChI is InChI=1S/C16H26BN2O2/c1-14(2,3)21-13(20)19-10-11(9-18-19)12-8-15(4,5)16(6,7)17-12/h9-10,12H,8H2,1-7H3. The average Bonchev–Trinajstić information content (AvgIpc) is 2.80. The molecule has 1 atom stereocenters. The normalized spacial score (nSPS) is 23.7. The van der Waals surface area contributed by atoms with Gasteiger partial charge in [-0.25, -0.2) is 4.79 Å². The molecule has 1 aliphatic rings. The number of rotatable bonds is 1. The summed E-state index contributed by atoms with van der Waals surface area (Å²) in [5.74, 6) is 0.339. The Kier molecular flexibility index (Phi) is 3.75. The van der Waals surface area contributed by atoms with E-state index in [4.69, 9.17) is 4.74 Å². The number of aromatic nitrogens is 2. The molecule has 0 spiro atoms. The summed E-state index contributed by atoms with van der Waals surface area (Å²) >= 11 is 0. The number of nitrogens with zero attached hydrogens (tertiary/aromatic N) is 2. The number of ether oxygens (including phenoxy) is 1. The molecule has 1 aromatic heterocycles. The quantitative estimate of drug-likeness (QED) is 0.733. The van der Waals surface area contributed by atoms with Gasteiger partial charge in [-0.15, -0.1) is 0 Å². The first-order valence-corrected chi connectivity index (χ1v) is 7.55. The van der Waals surface area contributed by atoms with Gasteiger partial charge < -0.3 is 4.74 Å². The number of hydrogen-bond donors (Lipinski definition) is 0. The van der Waals surface area contributed by atoms with E-state index in [1.165, 1.54) is 4.68 Å². The summed E-state index contributed by atoms with van der Waals surface area (Å²) in [6.45, 7) is 14.7. The smallest absolute Gasteiger partial charge is 0.435 e. The van der Waals surface area contributed by atoms with E-state index in [2.05, 4.69) is 40.1 Å². The Labute approximate surface area is 128 Å². The lowest BCUT2D eigenvalue weighted by atomic mass is 9.47. The molecule has 1 aliphatic heterocycles. The van der Waals surface area contributed by atoms with E-state index in [0.717, 1.165) is 12.0 Å². The lowest BCUT2D eigenvalue weighted by Crippen LogP contribution is -2.27. The van der Waals surface area contributed by atoms with Crippen molar-refractivity contribution in [2.24, 2.45) is 5.41 Å². The van der Waals surface area contributed by atoms with Crippen molar-refractivity contribution >= 4 is 13.4 Å². The molecule has 1 radical (unpaired) electrons. The maximum atomic E-state index is 12.0. The Morgan fingerprint density at radius 3 is 2.48 bits per heavy atom. The number of carbonyl (C=O) groups excluding carboxylic acids is 1. The number of carbonyl (C=O) groups is 1. The molecule has 2 heterocycles. The molecular formula is C16H26BN2O2. The van der Waals surface area contributed by atoms with Crippen molar-refractivity contribution in [3.63, 3.8) is 0 Å². The van der Waals surface area contributed by atoms with Crippen molar-refractivity contribution in [1.82, 2.24) is 9.78 Å². The zero-order valence-electron chi connectivity index (χ0n) is 14.2. The summed E-state index contributed by atoms with van der Waals surface area (Å²) in [4.78, 5) is 12.0. The van der Waals surface area contributed by atoms with Crippen LogP contribution in [0.5, 0.6) is 0 Å². The van der Waals surface area contributed by atoms with Crippen LogP contribution in [-0.4, -0.2) is 28.8 Å². The van der Waals surface area contributed by atoms with Gasteiger partial charge in [0.1, 0.15) is 12.9 Å². The first-order chi connectivity index (χ1) is 9.41. The van der Waals surface area contributed by atoms with E-state index in [-0.39, 0.29) is 10.7 Å². The van der Waals surface area contributed by atoms with Crippen LogP contribution in [0, 0.1) is 5.41 Å². The molecule has 1 saturated heterocycles. The minimum absolute atomic E-state index is 0.172. The van der Waals surface area contributed by atoms with Gasteiger partial charge in [-0.05, 0) is 44.0 Å². The average molecular weight is 289 g/mol. The molecule has 1 fully saturated rings. The van der Waals surface area contributed by atoms with Gasteiger partial charge >= 0.3 is 6.09 Å². The molecule has 0 N–H and O–H groups in total. The molecule has 2 rings (SSSR count). The largest absolute Gasteiger partial charge is 0.442 e. The maximum Gasteiger partial charge on any atom is 0.435 e. The summed E-state index contributed by atoms with van der Waals surface area (Å²) in [7, 11) is 2.38. The molecule has 1 unspecified atom stereocenters. The van der Waals surface area contributed by atoms with Gasteiger partial charge in [0.2, 0.25) is 0 Å². The Bertz CT molecular complexity index is 525. The number of hydrogen-bond acceptors (Lipinski definition) is 3. The second kappa shape index (κ2) is 4.89. The Morgan fingerprint density at radius 1 is 1.38 bits per heavy atom. The van der Waals surface area contributed by atoms with Crippen LogP contribution in [0.2, 0.25) is 5.31 Å². The van der Waals surface area contributed by atoms with Crippen LogP contribution >= 0.6 is 0 Å². The molecule has 0 bridgehead atoms. The van der Waals surface area contributed by atoms with E-state index >= 15 is 0 Å². The van der Waals surface area contributed by atoms with E-state index in [1.54, 1.807) is 12.4 Å². The molecule has 0 saturated carbocycles. The van der Waals surface area contributed by atoms with Gasteiger partial charge in [0, 0.05) is 6.20 Å². The van der Waals surface area contributed by atoms with Gasteiger partial charge in [-0.3, -0.25) is 0 Å². The van der Waals surface area contributed by atoms with Crippen molar-refractivity contribution in [3.05, 3.63) is 18.0 Å². The molecule has 0 aromatic carbocycles. The van der Waals surface area contributed by atoms with Crippen LogP contribution in [-0.2, 0) is 4.74 Å². The van der Waals surface area contributed by atoms with E-state index in [1.807, 2.05) is 20.8 Å². The zero-order valence-corrected chi connectivity index (χ0v) is 14.2. The van der Waals surface area contributed by atoms with Crippen molar-refractivity contribution in [2.75, 3.05) is 0 Å². The minimum Gasteiger partial charge on any atom is -0.442 e. The fraction of sp³-hybridized carbons (Fsp3) is 0.750. The molecule has 115 valence electrons. The summed E-state index contributed by atoms with van der Waals surface area (Å²) in [5, 5.41) is 4.33. The predicted octanol–water partition coefficient (Wildman–Crippen LogP) is 4.04. The van der Waals surface area contributed by atoms with Crippen LogP contribution in [0.15, 0.2) is 12.4 Å². The zero-order chi connectivity index (χ0) is 16.1. The molecule has 5 heteroatoms. The van der Waals surface area contributed by atoms with Crippen LogP contribution in [0.1, 0.15) is 66.3 Å². The van der Waals surface area contributed by atoms with Crippen molar-refractivity contribution in [3.8, 4) is 0 Å². The van der Waals surface area contributed by atoms with Crippen molar-refractivity contribution in [2.45, 2.75) is 71.6 Å². The van der Waals surface area contributed by atoms with Crippen molar-refractivity contribution < 1.29 is 9.53 Å². The lowest BCUT2D eigenvalue weighted by Gasteiger charge is -2.34. The van der Waals surface area contributed by atoms with Crippen molar-refractivity contribution in [1.29, 1.82) is 0 Å². The molecule has 4 nitrogen and oxygen atoms in total. The molecular weight excluding hydrogens is 263 g/mol. The van der Waals surface area contributed by atoms with Gasteiger partial charge in [0.15, 0.2) is 0 Å². The summed E-state index contributed by atoms with van der Waals surface area (Å²) in [5.41, 5.74) is 0.817. The van der Waals surface area contributed by atoms with E-state index in [0.29, 0.717) is 5.82 Å². The van der Waals surface area contributed by atoms with Crippen LogP contribution in [0.25, 0.3) is 0 Å². The van der Waals surface area contributed by atoms with Gasteiger partial charge in [-0.2, -0.15) is 9.78 Å². The first-order valence-electron chi connectivity index (χ1n) is 7.55. The molecule has 21 heavy (non-hydrogen) atoms. The second-order valence-corrected chi connectivity index (χ2v) is 8.28. The van der Waals surface area contributed by atoms with Gasteiger partial charge in [0.05, 0.1) is 6.20 Å². The summed E-state index contributed by atoms with van der Waals surface area (Å²) in [6, 6.07) is 0. The van der Waals surface area contributed by atoms with E-state index in [9.17, 15) is 4.79 Å². The van der Waals surface area contributed by atoms with Gasteiger partial charge in [-0.1, -0.05) is 33.0 Å². The fourth-order valence-corrected chi connectivity index (χ4v) is 2.75. The van der Waals surface area contributed by atoms with Crippen LogP contribution < -0.4 is 0 Å². The van der Waals surface area contributed by atoms with Crippen LogP contribution in [0.4, 0.5) is 4.79 Å². The lowest BCUT2D eigenvalue weighted by molar-refractivity contribution is 0.0514. The Hall–Kier alpha value is -1.26. The highest BCUT2D eigenvalue weighted by Gasteiger charge is 2.47. The predicted molar refractivity (Wildman–Crippen MR) is 84.8 cm³/mol. The third kappa shape index (κ3) is 3.33. The summed E-state index contributed by atoms with van der Waals surface area (Å²) < 4.78 is 6.63. The molecule has 0 amide bonds. The SMILES string of the molecule is CC(C)(C)OC(=O)n1cc(C2[B]C(C)(C)C(C)(C)C2)cn1. The van der Waals surface area contributed by atoms with Gasteiger partial charge in [0.25, 0.3) is 0 Å². The van der Waals surface area contributed by atoms with Crippen LogP contribution in [0.3, 0.4) is 0 Å². The maximum absolute atomic E-state index is 12.0. The van der Waals surface area contributed by atoms with E-state index < -0.39 is 11.7 Å². The minimum atomic E-state index is -0.507. The highest BCUT2D eigenvalue weighted by Crippen LogP contribution is 2.57. The Morgan fingerprint density at radius 2 is 2.00 bits per heavy atom. The summed E-state index contributed by atoms with van der Waals surface area (Å²) in [6.07, 6.45) is 4.22. The Balaban J connectivity index is 2.13. The second-order valence-electron chi connectivity index (χ2n) is 8.28. The molecule has 1 aromatic rings. The monoisotopic (exact) mass is 289 g/mol. The first kappa shape index (κ1) is 16.1. The highest BCUT2D eigenvalue weighted by atomic mass is 16.6. The topological polar surface area (TPSA) is 44.1 Å². The third-order valence-electron chi connectivity index (χ3n) is 4.70.